The van der Waals surface area contributed by atoms with Gasteiger partial charge in [0.05, 0.1) is 35.3 Å². The summed E-state index contributed by atoms with van der Waals surface area (Å²) in [4.78, 5) is 97.2. The Morgan fingerprint density at radius 1 is 0.260 bits per heavy atom. The second-order valence-corrected chi connectivity index (χ2v) is 41.0. The predicted octanol–water partition coefficient (Wildman–Crippen LogP) is 16.4. The molecule has 150 heavy (non-hydrogen) atoms. The summed E-state index contributed by atoms with van der Waals surface area (Å²) in [6, 6.07) is 62.9. The number of benzene rings is 8. The third-order valence-electron chi connectivity index (χ3n) is 29.6. The van der Waals surface area contributed by atoms with Gasteiger partial charge in [0.25, 0.3) is 23.6 Å². The number of pyridine rings is 4. The SMILES string of the molecule is CN1CCN(Cc2ccc(NC(=O)c3n[nH]c4ccc(-c5cncc(CN6CCN(C)CC6)c5)cc34)cc2)CC1.CN1CCN(Cc2cncc(-c3ccc4[nH]nc(C(=O)Nc5ccc(CN6CCCCC6)cc5)c4c3)c2)CC1.CN1CCN(Cc2cncc(-c3ccc4[nH]nc(C(=O)Nc5ccc(CN6CCOCC6)cc5)c4c3)c2)CC1.O=C(Nc1cccc(F)c1)c1n[nH]c2ccc(-c3cncc(CN4CCCCC4)c3)cc12. The van der Waals surface area contributed by atoms with Gasteiger partial charge < -0.3 is 45.6 Å². The van der Waals surface area contributed by atoms with Gasteiger partial charge in [-0.1, -0.05) is 79.6 Å². The summed E-state index contributed by atoms with van der Waals surface area (Å²) >= 11 is 0. The molecule has 32 nitrogen and oxygen atoms in total. The number of halogens is 1. The Labute approximate surface area is 874 Å². The van der Waals surface area contributed by atoms with Crippen molar-refractivity contribution >= 4 is 90.0 Å². The van der Waals surface area contributed by atoms with Crippen LogP contribution in [-0.2, 0) is 50.6 Å². The quantitative estimate of drug-likeness (QED) is 0.0250. The van der Waals surface area contributed by atoms with E-state index in [4.69, 9.17) is 4.74 Å². The lowest BCUT2D eigenvalue weighted by molar-refractivity contribution is 0.0342. The van der Waals surface area contributed by atoms with Crippen molar-refractivity contribution in [3.63, 3.8) is 0 Å². The van der Waals surface area contributed by atoms with Gasteiger partial charge in [0, 0.05) is 280 Å². The average molecular weight is 2020 g/mol. The third-order valence-corrected chi connectivity index (χ3v) is 29.6. The number of fused-ring (bicyclic) bond motifs is 4. The van der Waals surface area contributed by atoms with E-state index < -0.39 is 11.7 Å². The molecule has 8 aromatic heterocycles. The van der Waals surface area contributed by atoms with Crippen LogP contribution < -0.4 is 21.3 Å². The van der Waals surface area contributed by atoms with Crippen molar-refractivity contribution in [3.8, 4) is 44.5 Å². The molecule has 0 radical (unpaired) electrons. The number of aromatic amines is 4. The third kappa shape index (κ3) is 27.2. The number of nitrogens with one attached hydrogen (secondary N) is 8. The Bertz CT molecular complexity index is 7050. The summed E-state index contributed by atoms with van der Waals surface area (Å²) < 4.78 is 18.9. The van der Waals surface area contributed by atoms with Gasteiger partial charge in [0.15, 0.2) is 22.8 Å². The first-order valence-electron chi connectivity index (χ1n) is 52.7. The van der Waals surface area contributed by atoms with Crippen molar-refractivity contribution in [2.24, 2.45) is 0 Å². The fraction of sp³-hybridized carbons (Fsp3) is 0.350. The molecule has 16 aromatic rings. The van der Waals surface area contributed by atoms with Crippen LogP contribution in [0.5, 0.6) is 0 Å². The van der Waals surface area contributed by atoms with E-state index in [1.165, 1.54) is 103 Å². The molecule has 7 aliphatic heterocycles. The zero-order chi connectivity index (χ0) is 103. The van der Waals surface area contributed by atoms with Crippen LogP contribution in [0.4, 0.5) is 27.1 Å². The minimum absolute atomic E-state index is 0.218. The van der Waals surface area contributed by atoms with Crippen molar-refractivity contribution < 1.29 is 28.3 Å². The molecule has 0 aliphatic carbocycles. The van der Waals surface area contributed by atoms with Crippen LogP contribution in [0, 0.1) is 5.82 Å². The largest absolute Gasteiger partial charge is 0.379 e. The Morgan fingerprint density at radius 3 is 0.787 bits per heavy atom. The van der Waals surface area contributed by atoms with Gasteiger partial charge in [-0.3, -0.25) is 93.8 Å². The summed E-state index contributed by atoms with van der Waals surface area (Å²) in [7, 11) is 8.69. The van der Waals surface area contributed by atoms with Crippen molar-refractivity contribution in [2.75, 3.05) is 207 Å². The van der Waals surface area contributed by atoms with E-state index in [0.29, 0.717) is 28.2 Å². The van der Waals surface area contributed by atoms with Crippen LogP contribution in [0.15, 0.2) is 244 Å². The summed E-state index contributed by atoms with van der Waals surface area (Å²) in [6.45, 7) is 31.8. The van der Waals surface area contributed by atoms with Gasteiger partial charge in [-0.25, -0.2) is 4.39 Å². The molecule has 15 heterocycles. The van der Waals surface area contributed by atoms with Crippen LogP contribution in [-0.4, -0.2) is 324 Å². The number of likely N-dealkylation sites (N-methyl/N-ethyl adjacent to an activating group) is 4. The highest BCUT2D eigenvalue weighted by Gasteiger charge is 2.27. The van der Waals surface area contributed by atoms with Crippen LogP contribution in [0.3, 0.4) is 0 Å². The number of anilines is 4. The molecule has 0 saturated carbocycles. The van der Waals surface area contributed by atoms with E-state index in [1.807, 2.05) is 147 Å². The molecule has 4 amide bonds. The Hall–Kier alpha value is -14.4. The molecule has 33 heteroatoms. The maximum absolute atomic E-state index is 13.5. The second kappa shape index (κ2) is 49.3. The van der Waals surface area contributed by atoms with E-state index >= 15 is 0 Å². The van der Waals surface area contributed by atoms with E-state index in [2.05, 4.69) is 237 Å². The van der Waals surface area contributed by atoms with Gasteiger partial charge in [-0.05, 0) is 269 Å². The fourth-order valence-electron chi connectivity index (χ4n) is 20.6. The first kappa shape index (κ1) is 103. The van der Waals surface area contributed by atoms with E-state index in [9.17, 15) is 23.6 Å². The van der Waals surface area contributed by atoms with Crippen molar-refractivity contribution in [2.45, 2.75) is 84.3 Å². The maximum atomic E-state index is 13.5. The summed E-state index contributed by atoms with van der Waals surface area (Å²) in [5.41, 5.74) is 24.0. The number of hydrogen-bond donors (Lipinski definition) is 8. The highest BCUT2D eigenvalue weighted by molar-refractivity contribution is 6.15. The molecular weight excluding hydrogens is 1880 g/mol. The van der Waals surface area contributed by atoms with Crippen LogP contribution in [0.2, 0.25) is 0 Å². The monoisotopic (exact) mass is 2020 g/mol. The number of hydrogen-bond acceptors (Lipinski definition) is 24. The second-order valence-electron chi connectivity index (χ2n) is 41.0. The Morgan fingerprint density at radius 2 is 0.513 bits per heavy atom. The maximum Gasteiger partial charge on any atom is 0.276 e. The van der Waals surface area contributed by atoms with Crippen molar-refractivity contribution in [3.05, 3.63) is 311 Å². The zero-order valence-electron chi connectivity index (χ0n) is 86.2. The number of likely N-dealkylation sites (tertiary alicyclic amines) is 2. The molecule has 0 unspecified atom stereocenters. The first-order chi connectivity index (χ1) is 73.4. The number of ether oxygens (including phenoxy) is 1. The van der Waals surface area contributed by atoms with Crippen LogP contribution in [0.1, 0.15) is 119 Å². The lowest BCUT2D eigenvalue weighted by atomic mass is 10.0. The number of morpholine rings is 1. The molecule has 7 fully saturated rings. The molecule has 7 saturated heterocycles. The van der Waals surface area contributed by atoms with Gasteiger partial charge in [-0.2, -0.15) is 20.4 Å². The topological polar surface area (TPSA) is 328 Å². The highest BCUT2D eigenvalue weighted by atomic mass is 19.1. The van der Waals surface area contributed by atoms with Gasteiger partial charge in [-0.15, -0.1) is 0 Å². The number of amides is 4. The van der Waals surface area contributed by atoms with Crippen molar-refractivity contribution in [1.29, 1.82) is 0 Å². The van der Waals surface area contributed by atoms with Gasteiger partial charge in [0.2, 0.25) is 0 Å². The zero-order valence-corrected chi connectivity index (χ0v) is 86.2. The fourth-order valence-corrected chi connectivity index (χ4v) is 20.6. The Balaban J connectivity index is 0.000000121. The van der Waals surface area contributed by atoms with Crippen molar-refractivity contribution in [1.82, 2.24) is 115 Å². The van der Waals surface area contributed by atoms with Gasteiger partial charge >= 0.3 is 0 Å². The normalized spacial score (nSPS) is 16.9. The standard InChI is InChI=1S/C31H38N8O.C31H37N7O.C30H35N7O2.C25H24FN5O/c1-36-9-13-38(14-10-36)21-23-3-6-27(7-4-23)33-31(40)30-28-18-25(5-8-29(28)34-35-30)26-17-24(19-32-20-26)22-39-15-11-37(2)12-16-39;1-36-13-15-38(16-14-36)22-24-17-26(20-32-19-24)25-7-10-29-28(18-25)30(35-34-29)31(39)33-27-8-5-23(6-9-27)21-37-11-3-2-4-12-37;1-35-8-10-36(11-9-35)21-23-16-25(19-31-18-23)24-4-7-28-27(17-24)29(34-33-28)30(38)32-26-5-2-22(3-6-26)20-37-12-14-39-15-13-37;26-20-5-4-6-21(13-20)28-25(32)24-22-12-18(7-8-23(22)29-30-24)19-11-17(14-27-15-19)16-31-9-2-1-3-10-31/h3-8,17-20H,9-16,21-22H2,1-2H3,(H,33,40)(H,34,35);5-10,17-20H,2-4,11-16,21-22H2,1H3,(H,33,39)(H,34,35);2-7,16-19H,8-15,20-21H2,1H3,(H,32,38)(H,33,34);4-8,11-15H,1-3,9-10,16H2,(H,28,32)(H,29,30). The van der Waals surface area contributed by atoms with E-state index in [1.54, 1.807) is 12.1 Å². The number of piperazine rings is 4. The van der Waals surface area contributed by atoms with Crippen LogP contribution in [0.25, 0.3) is 88.1 Å². The lowest BCUT2D eigenvalue weighted by Gasteiger charge is -2.32. The summed E-state index contributed by atoms with van der Waals surface area (Å²) in [6.07, 6.45) is 23.0. The van der Waals surface area contributed by atoms with Gasteiger partial charge in [0.1, 0.15) is 5.82 Å². The molecule has 23 rings (SSSR count). The number of piperidine rings is 2. The van der Waals surface area contributed by atoms with E-state index in [-0.39, 0.29) is 23.4 Å². The molecule has 0 atom stereocenters. The number of rotatable bonds is 26. The smallest absolute Gasteiger partial charge is 0.276 e. The first-order valence-corrected chi connectivity index (χ1v) is 52.7. The number of aromatic nitrogens is 12. The van der Waals surface area contributed by atoms with Crippen LogP contribution >= 0.6 is 0 Å². The molecule has 8 N–H and O–H groups in total. The van der Waals surface area contributed by atoms with E-state index in [0.717, 1.165) is 290 Å². The average Bonchev–Trinajstić information content (AvgIpc) is 1.65. The number of nitrogens with zero attached hydrogens (tertiary/aromatic N) is 19. The molecule has 7 aliphatic rings. The summed E-state index contributed by atoms with van der Waals surface area (Å²) in [5, 5.41) is 44.0. The molecule has 774 valence electrons. The number of H-pyrrole nitrogens is 4. The molecule has 0 spiro atoms. The minimum atomic E-state index is -0.408. The Kier molecular flexibility index (Phi) is 33.8. The molecular formula is C117H134FN27O5. The minimum Gasteiger partial charge on any atom is -0.379 e. The highest BCUT2D eigenvalue weighted by Crippen LogP contribution is 2.35. The summed E-state index contributed by atoms with van der Waals surface area (Å²) in [5.74, 6) is -1.48. The molecule has 0 bridgehead atoms. The number of carbonyl (C=O) groups excluding carboxylic acids is 4. The number of carbonyl (C=O) groups is 4. The predicted molar refractivity (Wildman–Crippen MR) is 590 cm³/mol. The lowest BCUT2D eigenvalue weighted by Crippen LogP contribution is -2.43. The molecule has 8 aromatic carbocycles.